The molecule has 5 atom stereocenters. The number of carbonyl (C=O) groups is 2. The van der Waals surface area contributed by atoms with Crippen LogP contribution in [-0.4, -0.2) is 29.4 Å². The molecule has 2 saturated heterocycles. The molecule has 16 heavy (non-hydrogen) atoms. The van der Waals surface area contributed by atoms with Crippen molar-refractivity contribution >= 4 is 11.7 Å². The maximum Gasteiger partial charge on any atom is 0.167 e. The Bertz CT molecular complexity index is 341. The number of hydrogen-bond donors (Lipinski definition) is 0. The number of ketones is 1. The topological polar surface area (TPSA) is 60.8 Å². The van der Waals surface area contributed by atoms with Gasteiger partial charge in [0.1, 0.15) is 6.10 Å². The number of carbonyl (C=O) groups excluding carboxylic acids is 2. The summed E-state index contributed by atoms with van der Waals surface area (Å²) >= 11 is 0. The van der Waals surface area contributed by atoms with E-state index < -0.39 is 0 Å². The minimum atomic E-state index is -0.352. The van der Waals surface area contributed by atoms with Gasteiger partial charge in [0.25, 0.3) is 0 Å². The molecule has 6 heteroatoms. The van der Waals surface area contributed by atoms with E-state index in [1.54, 1.807) is 0 Å². The van der Waals surface area contributed by atoms with E-state index in [4.69, 9.17) is 4.74 Å². The van der Waals surface area contributed by atoms with Crippen LogP contribution in [0.1, 0.15) is 20.3 Å². The summed E-state index contributed by atoms with van der Waals surface area (Å²) in [5.74, 6) is 0.238. The van der Waals surface area contributed by atoms with Gasteiger partial charge in [-0.3, -0.25) is 4.79 Å². The molecule has 1 radical (unpaired) electrons. The van der Waals surface area contributed by atoms with Crippen LogP contribution in [0.3, 0.4) is 0 Å². The Kier molecular flexibility index (Phi) is 4.23. The second kappa shape index (κ2) is 4.53. The molecule has 1 amide bonds. The van der Waals surface area contributed by atoms with Gasteiger partial charge >= 0.3 is 0 Å². The molecule has 0 aromatic rings. The molecule has 1 spiro atoms. The molecule has 0 aromatic heterocycles. The standard InChI is InChI=1S/C10H13NO3.W.Y/c1-4-5(2)10(3-6(12)11-10)9-8(14-9)7(4)13;;/h4-5,8-9H,3H2,1-2H3,(H,11,12);;/p-1/t4-,5+,8?,9?,10?;;/m0../s1. The third kappa shape index (κ3) is 1.72. The van der Waals surface area contributed by atoms with E-state index in [-0.39, 0.29) is 95.0 Å². The van der Waals surface area contributed by atoms with Crippen molar-refractivity contribution < 1.29 is 68.1 Å². The van der Waals surface area contributed by atoms with Crippen molar-refractivity contribution in [3.8, 4) is 0 Å². The van der Waals surface area contributed by atoms with Gasteiger partial charge in [0.05, 0.1) is 12.0 Å². The first-order valence-electron chi connectivity index (χ1n) is 5.01. The van der Waals surface area contributed by atoms with Gasteiger partial charge in [0.15, 0.2) is 5.78 Å². The van der Waals surface area contributed by atoms with Crippen LogP contribution in [0, 0.1) is 11.8 Å². The number of Topliss-reactive ketones (excluding diaryl/α,β-unsaturated/α-hetero) is 1. The Balaban J connectivity index is 0.000000640. The number of amides is 1. The zero-order chi connectivity index (χ0) is 10.1. The zero-order valence-corrected chi connectivity index (χ0v) is 14.9. The summed E-state index contributed by atoms with van der Waals surface area (Å²) in [4.78, 5) is 22.6. The largest absolute Gasteiger partial charge is 0.645 e. The molecule has 3 aliphatic rings. The van der Waals surface area contributed by atoms with E-state index in [2.05, 4.69) is 5.32 Å². The van der Waals surface area contributed by atoms with Gasteiger partial charge in [-0.2, -0.15) is 0 Å². The average molecular weight is 467 g/mol. The van der Waals surface area contributed by atoms with Crippen LogP contribution in [0.5, 0.6) is 0 Å². The van der Waals surface area contributed by atoms with Crippen LogP contribution in [-0.2, 0) is 68.1 Å². The molecule has 3 fully saturated rings. The molecule has 85 valence electrons. The third-order valence-corrected chi connectivity index (χ3v) is 4.02. The second-order valence-electron chi connectivity index (χ2n) is 4.63. The van der Waals surface area contributed by atoms with Crippen molar-refractivity contribution in [2.45, 2.75) is 38.0 Å². The Morgan fingerprint density at radius 1 is 1.38 bits per heavy atom. The average Bonchev–Trinajstić information content (AvgIpc) is 2.87. The Morgan fingerprint density at radius 3 is 2.44 bits per heavy atom. The number of ether oxygens (including phenoxy) is 1. The van der Waals surface area contributed by atoms with Gasteiger partial charge in [-0.15, -0.1) is 0 Å². The molecule has 3 unspecified atom stereocenters. The van der Waals surface area contributed by atoms with Gasteiger partial charge < -0.3 is 14.8 Å². The fraction of sp³-hybridized carbons (Fsp3) is 0.800. The van der Waals surface area contributed by atoms with Crippen molar-refractivity contribution in [1.82, 2.24) is 0 Å². The molecule has 3 rings (SSSR count). The van der Waals surface area contributed by atoms with Crippen LogP contribution in [0.25, 0.3) is 5.32 Å². The molecule has 1 aliphatic carbocycles. The quantitative estimate of drug-likeness (QED) is 0.389. The fourth-order valence-electron chi connectivity index (χ4n) is 2.80. The van der Waals surface area contributed by atoms with Crippen LogP contribution < -0.4 is 0 Å². The van der Waals surface area contributed by atoms with Gasteiger partial charge in [0, 0.05) is 59.7 Å². The first kappa shape index (κ1) is 15.0. The summed E-state index contributed by atoms with van der Waals surface area (Å²) in [5.41, 5.74) is -0.352. The van der Waals surface area contributed by atoms with E-state index in [0.29, 0.717) is 6.42 Å². The minimum Gasteiger partial charge on any atom is -0.645 e. The molecular formula is C10H12NO3WY-. The van der Waals surface area contributed by atoms with Crippen molar-refractivity contribution in [2.75, 3.05) is 0 Å². The van der Waals surface area contributed by atoms with Crippen LogP contribution >= 0.6 is 0 Å². The maximum absolute atomic E-state index is 11.6. The van der Waals surface area contributed by atoms with Crippen molar-refractivity contribution in [1.29, 1.82) is 0 Å². The molecule has 4 nitrogen and oxygen atoms in total. The zero-order valence-electron chi connectivity index (χ0n) is 9.17. The Morgan fingerprint density at radius 2 is 1.94 bits per heavy atom. The number of epoxide rings is 1. The SMILES string of the molecule is C[C@@H]1C(=O)C2OC2C2(CC(=O)[N-]2)[C@@H]1C.[W].[Y]. The third-order valence-electron chi connectivity index (χ3n) is 4.02. The predicted octanol–water partition coefficient (Wildman–Crippen LogP) is 0.646. The summed E-state index contributed by atoms with van der Waals surface area (Å²) in [6.07, 6.45) is 0.101. The van der Waals surface area contributed by atoms with Gasteiger partial charge in [-0.05, 0) is 12.3 Å². The number of β-lactam (4-membered cyclic amide) rings is 1. The Hall–Kier alpha value is 0.892. The van der Waals surface area contributed by atoms with E-state index >= 15 is 0 Å². The fourth-order valence-corrected chi connectivity index (χ4v) is 2.80. The van der Waals surface area contributed by atoms with E-state index in [9.17, 15) is 9.59 Å². The predicted molar refractivity (Wildman–Crippen MR) is 47.7 cm³/mol. The van der Waals surface area contributed by atoms with Gasteiger partial charge in [0.2, 0.25) is 0 Å². The van der Waals surface area contributed by atoms with Crippen molar-refractivity contribution in [2.24, 2.45) is 11.8 Å². The first-order valence-corrected chi connectivity index (χ1v) is 5.01. The number of rotatable bonds is 0. The number of fused-ring (bicyclic) bond motifs is 2. The van der Waals surface area contributed by atoms with Crippen molar-refractivity contribution in [3.05, 3.63) is 5.32 Å². The van der Waals surface area contributed by atoms with E-state index in [0.717, 1.165) is 0 Å². The summed E-state index contributed by atoms with van der Waals surface area (Å²) in [7, 11) is 0. The molecule has 0 N–H and O–H groups in total. The summed E-state index contributed by atoms with van der Waals surface area (Å²) in [6.45, 7) is 3.90. The minimum absolute atomic E-state index is 0. The Labute approximate surface area is 134 Å². The number of nitrogens with zero attached hydrogens (tertiary/aromatic N) is 1. The van der Waals surface area contributed by atoms with Crippen molar-refractivity contribution in [3.63, 3.8) is 0 Å². The molecule has 2 aliphatic heterocycles. The molecule has 0 aromatic carbocycles. The van der Waals surface area contributed by atoms with E-state index in [1.807, 2.05) is 13.8 Å². The van der Waals surface area contributed by atoms with Crippen LogP contribution in [0.4, 0.5) is 0 Å². The van der Waals surface area contributed by atoms with Gasteiger partial charge in [-0.25, -0.2) is 0 Å². The number of hydrogen-bond acceptors (Lipinski definition) is 3. The van der Waals surface area contributed by atoms with Gasteiger partial charge in [-0.1, -0.05) is 19.4 Å². The van der Waals surface area contributed by atoms with E-state index in [1.165, 1.54) is 0 Å². The monoisotopic (exact) mass is 467 g/mol. The van der Waals surface area contributed by atoms with Crippen LogP contribution in [0.2, 0.25) is 0 Å². The molecule has 2 heterocycles. The smallest absolute Gasteiger partial charge is 0.167 e. The molecule has 0 bridgehead atoms. The summed E-state index contributed by atoms with van der Waals surface area (Å²) < 4.78 is 5.34. The summed E-state index contributed by atoms with van der Waals surface area (Å²) in [6, 6.07) is 0. The molecule has 1 saturated carbocycles. The first-order chi connectivity index (χ1) is 6.56. The second-order valence-corrected chi connectivity index (χ2v) is 4.63. The maximum atomic E-state index is 11.6. The normalized spacial score (nSPS) is 48.1. The summed E-state index contributed by atoms with van der Waals surface area (Å²) in [5, 5.41) is 4.09. The molecular weight excluding hydrogens is 455 g/mol. The van der Waals surface area contributed by atoms with Crippen LogP contribution in [0.15, 0.2) is 0 Å².